The summed E-state index contributed by atoms with van der Waals surface area (Å²) in [4.78, 5) is 12.6. The van der Waals surface area contributed by atoms with Crippen LogP contribution in [-0.2, 0) is 14.9 Å². The van der Waals surface area contributed by atoms with Gasteiger partial charge in [0.15, 0.2) is 0 Å². The van der Waals surface area contributed by atoms with Crippen LogP contribution in [0, 0.1) is 11.3 Å². The third kappa shape index (κ3) is 2.78. The number of nitrogens with zero attached hydrogens (tertiary/aromatic N) is 1. The van der Waals surface area contributed by atoms with Gasteiger partial charge in [0.05, 0.1) is 12.7 Å². The predicted octanol–water partition coefficient (Wildman–Crippen LogP) is 4.38. The lowest BCUT2D eigenvalue weighted by atomic mass is 9.77. The number of unbranched alkanes of at least 4 members (excludes halogenated alkanes) is 3. The number of nitriles is 1. The molecule has 3 nitrogen and oxygen atoms in total. The molecule has 0 amide bonds. The van der Waals surface area contributed by atoms with Crippen molar-refractivity contribution in [2.24, 2.45) is 0 Å². The minimum Gasteiger partial charge on any atom is -0.464 e. The Bertz CT molecular complexity index is 612. The van der Waals surface area contributed by atoms with E-state index in [9.17, 15) is 10.1 Å². The number of benzene rings is 1. The smallest absolute Gasteiger partial charge is 0.335 e. The normalized spacial score (nSPS) is 19.2. The molecule has 1 unspecified atom stereocenters. The highest BCUT2D eigenvalue weighted by Gasteiger charge is 2.49. The summed E-state index contributed by atoms with van der Waals surface area (Å²) in [6.45, 7) is 4.23. The molecular weight excluding hydrogens is 274 g/mol. The van der Waals surface area contributed by atoms with Crippen LogP contribution in [0.2, 0.25) is 0 Å². The molecule has 0 fully saturated rings. The Labute approximate surface area is 132 Å². The van der Waals surface area contributed by atoms with Gasteiger partial charge in [-0.2, -0.15) is 5.26 Å². The second-order valence-electron chi connectivity index (χ2n) is 5.65. The van der Waals surface area contributed by atoms with E-state index in [0.29, 0.717) is 0 Å². The van der Waals surface area contributed by atoms with Gasteiger partial charge in [0.25, 0.3) is 0 Å². The van der Waals surface area contributed by atoms with E-state index in [1.165, 1.54) is 12.8 Å². The highest BCUT2D eigenvalue weighted by Crippen LogP contribution is 2.44. The molecule has 0 radical (unpaired) electrons. The fraction of sp³-hybridized carbons (Fsp3) is 0.474. The molecule has 1 aromatic carbocycles. The van der Waals surface area contributed by atoms with Gasteiger partial charge in [-0.1, -0.05) is 56.5 Å². The molecule has 0 aliphatic heterocycles. The number of rotatable bonds is 7. The van der Waals surface area contributed by atoms with Crippen molar-refractivity contribution < 1.29 is 9.53 Å². The van der Waals surface area contributed by atoms with Gasteiger partial charge in [0.1, 0.15) is 0 Å². The maximum atomic E-state index is 12.6. The first-order chi connectivity index (χ1) is 10.7. The first kappa shape index (κ1) is 16.3. The molecule has 1 aliphatic carbocycles. The number of carbonyl (C=O) groups excluding carboxylic acids is 1. The third-order valence-electron chi connectivity index (χ3n) is 4.23. The van der Waals surface area contributed by atoms with Crippen LogP contribution in [0.25, 0.3) is 6.08 Å². The summed E-state index contributed by atoms with van der Waals surface area (Å²) in [6.07, 6.45) is 7.23. The molecule has 3 heteroatoms. The standard InChI is InChI=1S/C19H23NO2/c1-3-5-6-7-11-16-13-15-10-8-9-12-17(15)19(16,14-20)18(21)22-4-2/h8-10,12-13H,3-7,11H2,1-2H3. The summed E-state index contributed by atoms with van der Waals surface area (Å²) >= 11 is 0. The van der Waals surface area contributed by atoms with E-state index in [4.69, 9.17) is 4.74 Å². The van der Waals surface area contributed by atoms with Crippen molar-refractivity contribution in [1.82, 2.24) is 0 Å². The SMILES string of the molecule is CCCCCCC1=Cc2ccccc2C1(C#N)C(=O)OCC. The fourth-order valence-corrected chi connectivity index (χ4v) is 3.09. The highest BCUT2D eigenvalue weighted by molar-refractivity contribution is 5.97. The Morgan fingerprint density at radius 1 is 1.23 bits per heavy atom. The quantitative estimate of drug-likeness (QED) is 0.554. The van der Waals surface area contributed by atoms with Crippen LogP contribution in [0.5, 0.6) is 0 Å². The average Bonchev–Trinajstić information content (AvgIpc) is 2.86. The zero-order valence-corrected chi connectivity index (χ0v) is 13.4. The second kappa shape index (κ2) is 7.26. The topological polar surface area (TPSA) is 50.1 Å². The van der Waals surface area contributed by atoms with E-state index >= 15 is 0 Å². The molecule has 0 N–H and O–H groups in total. The first-order valence-corrected chi connectivity index (χ1v) is 8.09. The van der Waals surface area contributed by atoms with E-state index in [2.05, 4.69) is 13.0 Å². The van der Waals surface area contributed by atoms with Gasteiger partial charge in [0.2, 0.25) is 5.41 Å². The van der Waals surface area contributed by atoms with Crippen LogP contribution in [0.1, 0.15) is 57.1 Å². The molecule has 0 aromatic heterocycles. The van der Waals surface area contributed by atoms with Crippen molar-refractivity contribution in [3.8, 4) is 6.07 Å². The van der Waals surface area contributed by atoms with Gasteiger partial charge < -0.3 is 4.74 Å². The van der Waals surface area contributed by atoms with Crippen LogP contribution < -0.4 is 0 Å². The molecule has 116 valence electrons. The molecule has 0 spiro atoms. The Balaban J connectivity index is 2.34. The van der Waals surface area contributed by atoms with Crippen molar-refractivity contribution >= 4 is 12.0 Å². The molecule has 22 heavy (non-hydrogen) atoms. The monoisotopic (exact) mass is 297 g/mol. The van der Waals surface area contributed by atoms with Crippen LogP contribution in [-0.4, -0.2) is 12.6 Å². The number of esters is 1. The van der Waals surface area contributed by atoms with Gasteiger partial charge in [-0.3, -0.25) is 0 Å². The van der Waals surface area contributed by atoms with Crippen molar-refractivity contribution in [3.63, 3.8) is 0 Å². The number of fused-ring (bicyclic) bond motifs is 1. The lowest BCUT2D eigenvalue weighted by molar-refractivity contribution is -0.146. The maximum absolute atomic E-state index is 12.6. The number of ether oxygens (including phenoxy) is 1. The largest absolute Gasteiger partial charge is 0.464 e. The second-order valence-corrected chi connectivity index (χ2v) is 5.65. The summed E-state index contributed by atoms with van der Waals surface area (Å²) < 4.78 is 5.23. The fourth-order valence-electron chi connectivity index (χ4n) is 3.09. The van der Waals surface area contributed by atoms with Gasteiger partial charge in [-0.05, 0) is 36.5 Å². The molecular formula is C19H23NO2. The summed E-state index contributed by atoms with van der Waals surface area (Å²) in [6, 6.07) is 9.90. The van der Waals surface area contributed by atoms with Gasteiger partial charge in [0, 0.05) is 0 Å². The number of hydrogen-bond donors (Lipinski definition) is 0. The lowest BCUT2D eigenvalue weighted by Gasteiger charge is -2.24. The zero-order chi connectivity index (χ0) is 16.0. The summed E-state index contributed by atoms with van der Waals surface area (Å²) in [5.41, 5.74) is 1.36. The van der Waals surface area contributed by atoms with E-state index in [1.807, 2.05) is 30.3 Å². The lowest BCUT2D eigenvalue weighted by Crippen LogP contribution is -2.36. The average molecular weight is 297 g/mol. The Kier molecular flexibility index (Phi) is 5.38. The molecule has 0 saturated carbocycles. The summed E-state index contributed by atoms with van der Waals surface area (Å²) in [5, 5.41) is 9.84. The van der Waals surface area contributed by atoms with Gasteiger partial charge in [-0.25, -0.2) is 4.79 Å². The van der Waals surface area contributed by atoms with Gasteiger partial charge in [-0.15, -0.1) is 0 Å². The molecule has 1 atom stereocenters. The van der Waals surface area contributed by atoms with Crippen LogP contribution in [0.4, 0.5) is 0 Å². The highest BCUT2D eigenvalue weighted by atomic mass is 16.5. The number of carbonyl (C=O) groups is 1. The Morgan fingerprint density at radius 2 is 2.00 bits per heavy atom. The molecule has 1 aromatic rings. The predicted molar refractivity (Wildman–Crippen MR) is 87.1 cm³/mol. The van der Waals surface area contributed by atoms with Crippen LogP contribution in [0.15, 0.2) is 29.8 Å². The van der Waals surface area contributed by atoms with E-state index in [0.717, 1.165) is 36.0 Å². The minimum atomic E-state index is -1.25. The van der Waals surface area contributed by atoms with Crippen LogP contribution >= 0.6 is 0 Å². The zero-order valence-electron chi connectivity index (χ0n) is 13.4. The van der Waals surface area contributed by atoms with Crippen molar-refractivity contribution in [3.05, 3.63) is 41.0 Å². The maximum Gasteiger partial charge on any atom is 0.335 e. The first-order valence-electron chi connectivity index (χ1n) is 8.09. The molecule has 1 aliphatic rings. The molecule has 2 rings (SSSR count). The van der Waals surface area contributed by atoms with Gasteiger partial charge >= 0.3 is 5.97 Å². The van der Waals surface area contributed by atoms with E-state index in [-0.39, 0.29) is 6.61 Å². The molecule has 0 saturated heterocycles. The Morgan fingerprint density at radius 3 is 2.68 bits per heavy atom. The van der Waals surface area contributed by atoms with Crippen LogP contribution in [0.3, 0.4) is 0 Å². The summed E-state index contributed by atoms with van der Waals surface area (Å²) in [7, 11) is 0. The Hall–Kier alpha value is -2.08. The van der Waals surface area contributed by atoms with E-state index < -0.39 is 11.4 Å². The third-order valence-corrected chi connectivity index (χ3v) is 4.23. The van der Waals surface area contributed by atoms with E-state index in [1.54, 1.807) is 6.92 Å². The van der Waals surface area contributed by atoms with Crippen molar-refractivity contribution in [2.75, 3.05) is 6.61 Å². The molecule has 0 heterocycles. The minimum absolute atomic E-state index is 0.285. The summed E-state index contributed by atoms with van der Waals surface area (Å²) in [5.74, 6) is -0.441. The number of hydrogen-bond acceptors (Lipinski definition) is 3. The molecule has 0 bridgehead atoms. The van der Waals surface area contributed by atoms with Crippen molar-refractivity contribution in [2.45, 2.75) is 51.4 Å². The van der Waals surface area contributed by atoms with Crippen molar-refractivity contribution in [1.29, 1.82) is 5.26 Å².